The number of hydrogen-bond acceptors (Lipinski definition) is 2. The molecule has 3 saturated carbocycles. The molecular formula is C22H30O2. The Morgan fingerprint density at radius 1 is 1.17 bits per heavy atom. The zero-order valence-corrected chi connectivity index (χ0v) is 15.4. The Balaban J connectivity index is 1.80. The summed E-state index contributed by atoms with van der Waals surface area (Å²) >= 11 is 0. The standard InChI is InChI=1S/C22H30O2/c1-5-14-11-15(23)12-19-13(2)10-16-17-6-7-20(24)21(17,3)9-8-18(16)22(14,19)4/h12,14,16-18H,2,5-11H2,1,3-4H3/t14-,16+,17+,18+,21+,22-/m1/s1. The van der Waals surface area contributed by atoms with E-state index in [0.29, 0.717) is 35.9 Å². The molecule has 4 aliphatic rings. The number of hydrogen-bond donors (Lipinski definition) is 0. The molecule has 0 N–H and O–H groups in total. The molecular weight excluding hydrogens is 296 g/mol. The molecule has 4 rings (SSSR count). The number of fused-ring (bicyclic) bond motifs is 5. The smallest absolute Gasteiger partial charge is 0.156 e. The summed E-state index contributed by atoms with van der Waals surface area (Å²) in [5.41, 5.74) is 2.41. The largest absolute Gasteiger partial charge is 0.299 e. The van der Waals surface area contributed by atoms with Gasteiger partial charge in [-0.15, -0.1) is 0 Å². The molecule has 24 heavy (non-hydrogen) atoms. The van der Waals surface area contributed by atoms with Gasteiger partial charge in [0, 0.05) is 18.3 Å². The van der Waals surface area contributed by atoms with Crippen LogP contribution in [0.1, 0.15) is 65.7 Å². The van der Waals surface area contributed by atoms with E-state index in [0.717, 1.165) is 38.5 Å². The van der Waals surface area contributed by atoms with Crippen molar-refractivity contribution in [1.82, 2.24) is 0 Å². The van der Waals surface area contributed by atoms with Gasteiger partial charge < -0.3 is 0 Å². The number of ketones is 2. The van der Waals surface area contributed by atoms with E-state index in [1.165, 1.54) is 11.1 Å². The van der Waals surface area contributed by atoms with E-state index in [2.05, 4.69) is 27.4 Å². The average Bonchev–Trinajstić information content (AvgIpc) is 2.84. The predicted molar refractivity (Wildman–Crippen MR) is 95.4 cm³/mol. The topological polar surface area (TPSA) is 34.1 Å². The molecule has 4 aliphatic carbocycles. The summed E-state index contributed by atoms with van der Waals surface area (Å²) < 4.78 is 0. The lowest BCUT2D eigenvalue weighted by Crippen LogP contribution is -2.53. The summed E-state index contributed by atoms with van der Waals surface area (Å²) in [5.74, 6) is 2.91. The first-order valence-corrected chi connectivity index (χ1v) is 9.78. The van der Waals surface area contributed by atoms with Gasteiger partial charge in [-0.05, 0) is 66.4 Å². The second kappa shape index (κ2) is 5.16. The molecule has 6 atom stereocenters. The van der Waals surface area contributed by atoms with Crippen LogP contribution in [0.25, 0.3) is 0 Å². The summed E-state index contributed by atoms with van der Waals surface area (Å²) in [5, 5.41) is 0. The molecule has 2 heteroatoms. The summed E-state index contributed by atoms with van der Waals surface area (Å²) in [7, 11) is 0. The fourth-order valence-corrected chi connectivity index (χ4v) is 7.09. The van der Waals surface area contributed by atoms with Crippen molar-refractivity contribution >= 4 is 11.6 Å². The minimum Gasteiger partial charge on any atom is -0.299 e. The van der Waals surface area contributed by atoms with Crippen molar-refractivity contribution in [2.75, 3.05) is 0 Å². The third kappa shape index (κ3) is 1.89. The number of Topliss-reactive ketones (excluding diaryl/α,β-unsaturated/α-hetero) is 1. The van der Waals surface area contributed by atoms with Crippen LogP contribution < -0.4 is 0 Å². The van der Waals surface area contributed by atoms with E-state index >= 15 is 0 Å². The SMILES string of the molecule is C=C1C[C@@H]2[C@H](CC[C@]3(C)C(=O)CC[C@@H]23)[C@]2(C)C1=CC(=O)C[C@H]2CC. The lowest BCUT2D eigenvalue weighted by Gasteiger charge is -2.59. The highest BCUT2D eigenvalue weighted by Gasteiger charge is 2.61. The molecule has 0 spiro atoms. The first-order valence-electron chi connectivity index (χ1n) is 9.78. The van der Waals surface area contributed by atoms with Gasteiger partial charge in [-0.2, -0.15) is 0 Å². The molecule has 0 amide bonds. The second-order valence-corrected chi connectivity index (χ2v) is 9.22. The summed E-state index contributed by atoms with van der Waals surface area (Å²) in [6.45, 7) is 11.2. The number of carbonyl (C=O) groups excluding carboxylic acids is 2. The molecule has 2 nitrogen and oxygen atoms in total. The Bertz CT molecular complexity index is 657. The zero-order valence-electron chi connectivity index (χ0n) is 15.4. The van der Waals surface area contributed by atoms with Gasteiger partial charge in [-0.3, -0.25) is 9.59 Å². The molecule has 0 aliphatic heterocycles. The molecule has 0 radical (unpaired) electrons. The first-order chi connectivity index (χ1) is 11.3. The van der Waals surface area contributed by atoms with Crippen LogP contribution in [0.15, 0.2) is 23.8 Å². The Labute approximate surface area is 145 Å². The molecule has 130 valence electrons. The van der Waals surface area contributed by atoms with Crippen molar-refractivity contribution in [2.24, 2.45) is 34.5 Å². The van der Waals surface area contributed by atoms with Crippen molar-refractivity contribution < 1.29 is 9.59 Å². The van der Waals surface area contributed by atoms with Gasteiger partial charge in [-0.25, -0.2) is 0 Å². The van der Waals surface area contributed by atoms with E-state index in [-0.39, 0.29) is 16.6 Å². The van der Waals surface area contributed by atoms with Crippen molar-refractivity contribution in [3.63, 3.8) is 0 Å². The maximum absolute atomic E-state index is 12.5. The van der Waals surface area contributed by atoms with Crippen LogP contribution in [0, 0.1) is 34.5 Å². The maximum Gasteiger partial charge on any atom is 0.156 e. The van der Waals surface area contributed by atoms with E-state index in [1.807, 2.05) is 6.08 Å². The number of rotatable bonds is 1. The van der Waals surface area contributed by atoms with Crippen molar-refractivity contribution in [3.8, 4) is 0 Å². The fourth-order valence-electron chi connectivity index (χ4n) is 7.09. The molecule has 0 aromatic carbocycles. The Hall–Kier alpha value is -1.18. The Morgan fingerprint density at radius 3 is 2.62 bits per heavy atom. The molecule has 0 aromatic heterocycles. The molecule has 0 unspecified atom stereocenters. The van der Waals surface area contributed by atoms with E-state index in [4.69, 9.17) is 0 Å². The Kier molecular flexibility index (Phi) is 3.50. The minimum absolute atomic E-state index is 0.0790. The lowest BCUT2D eigenvalue weighted by molar-refractivity contribution is -0.133. The van der Waals surface area contributed by atoms with Gasteiger partial charge in [0.15, 0.2) is 5.78 Å². The second-order valence-electron chi connectivity index (χ2n) is 9.22. The monoisotopic (exact) mass is 326 g/mol. The number of carbonyl (C=O) groups is 2. The van der Waals surface area contributed by atoms with Gasteiger partial charge in [0.25, 0.3) is 0 Å². The van der Waals surface area contributed by atoms with E-state index in [1.54, 1.807) is 0 Å². The van der Waals surface area contributed by atoms with Crippen molar-refractivity contribution in [3.05, 3.63) is 23.8 Å². The summed E-state index contributed by atoms with van der Waals surface area (Å²) in [4.78, 5) is 24.8. The van der Waals surface area contributed by atoms with Crippen molar-refractivity contribution in [2.45, 2.75) is 65.7 Å². The van der Waals surface area contributed by atoms with Crippen LogP contribution in [-0.2, 0) is 9.59 Å². The van der Waals surface area contributed by atoms with Gasteiger partial charge >= 0.3 is 0 Å². The first kappa shape index (κ1) is 16.3. The molecule has 0 bridgehead atoms. The highest BCUT2D eigenvalue weighted by atomic mass is 16.1. The van der Waals surface area contributed by atoms with E-state index < -0.39 is 0 Å². The van der Waals surface area contributed by atoms with Crippen LogP contribution >= 0.6 is 0 Å². The van der Waals surface area contributed by atoms with Crippen LogP contribution in [0.5, 0.6) is 0 Å². The lowest BCUT2D eigenvalue weighted by atomic mass is 9.44. The third-order valence-electron chi connectivity index (χ3n) is 8.45. The van der Waals surface area contributed by atoms with Gasteiger partial charge in [0.05, 0.1) is 0 Å². The van der Waals surface area contributed by atoms with Crippen LogP contribution in [0.3, 0.4) is 0 Å². The summed E-state index contributed by atoms with van der Waals surface area (Å²) in [6, 6.07) is 0. The number of allylic oxidation sites excluding steroid dienone is 2. The summed E-state index contributed by atoms with van der Waals surface area (Å²) in [6.07, 6.45) is 8.65. The van der Waals surface area contributed by atoms with Gasteiger partial charge in [-0.1, -0.05) is 39.3 Å². The van der Waals surface area contributed by atoms with Crippen LogP contribution in [0.2, 0.25) is 0 Å². The van der Waals surface area contributed by atoms with Gasteiger partial charge in [0.1, 0.15) is 5.78 Å². The third-order valence-corrected chi connectivity index (χ3v) is 8.45. The zero-order chi connectivity index (χ0) is 17.3. The normalized spacial score (nSPS) is 47.8. The van der Waals surface area contributed by atoms with E-state index in [9.17, 15) is 9.59 Å². The average molecular weight is 326 g/mol. The Morgan fingerprint density at radius 2 is 1.92 bits per heavy atom. The molecule has 0 aromatic rings. The highest BCUT2D eigenvalue weighted by Crippen LogP contribution is 2.66. The quantitative estimate of drug-likeness (QED) is 0.687. The fraction of sp³-hybridized carbons (Fsp3) is 0.727. The minimum atomic E-state index is -0.0920. The maximum atomic E-state index is 12.5. The highest BCUT2D eigenvalue weighted by molar-refractivity contribution is 5.93. The van der Waals surface area contributed by atoms with Crippen molar-refractivity contribution in [1.29, 1.82) is 0 Å². The predicted octanol–water partition coefficient (Wildman–Crippen LogP) is 4.89. The molecule has 3 fully saturated rings. The molecule has 0 saturated heterocycles. The molecule has 0 heterocycles. The van der Waals surface area contributed by atoms with Gasteiger partial charge in [0.2, 0.25) is 0 Å². The van der Waals surface area contributed by atoms with Crippen LogP contribution in [0.4, 0.5) is 0 Å². The van der Waals surface area contributed by atoms with Crippen LogP contribution in [-0.4, -0.2) is 11.6 Å².